The van der Waals surface area contributed by atoms with E-state index in [1.807, 2.05) is 13.8 Å². The van der Waals surface area contributed by atoms with Crippen molar-refractivity contribution in [2.75, 3.05) is 0 Å². The fraction of sp³-hybridized carbons (Fsp3) is 0.333. The lowest BCUT2D eigenvalue weighted by molar-refractivity contribution is 0.426. The molecule has 2 nitrogen and oxygen atoms in total. The van der Waals surface area contributed by atoms with Crippen LogP contribution in [0.25, 0.3) is 0 Å². The van der Waals surface area contributed by atoms with Gasteiger partial charge in [0, 0.05) is 0 Å². The monoisotopic (exact) mass is 158 g/mol. The standard InChI is InChI=1S/C4H5BO2S.C2H6/c6-5(7)4-1-2-8-3-4;1-2/h1-3,6-7H;1-2H3. The predicted octanol–water partition coefficient (Wildman–Crippen LogP) is 0.454. The highest BCUT2D eigenvalue weighted by atomic mass is 32.1. The summed E-state index contributed by atoms with van der Waals surface area (Å²) >= 11 is 1.45. The summed E-state index contributed by atoms with van der Waals surface area (Å²) in [5.41, 5.74) is 0.565. The molecule has 0 amide bonds. The molecule has 56 valence electrons. The van der Waals surface area contributed by atoms with E-state index in [0.29, 0.717) is 5.46 Å². The van der Waals surface area contributed by atoms with E-state index < -0.39 is 7.12 Å². The van der Waals surface area contributed by atoms with E-state index >= 15 is 0 Å². The molecular formula is C6H11BO2S. The molecule has 0 fully saturated rings. The van der Waals surface area contributed by atoms with Gasteiger partial charge in [0.25, 0.3) is 0 Å². The highest BCUT2D eigenvalue weighted by molar-refractivity contribution is 7.09. The normalized spacial score (nSPS) is 8.00. The van der Waals surface area contributed by atoms with Crippen molar-refractivity contribution in [3.8, 4) is 0 Å². The molecule has 10 heavy (non-hydrogen) atoms. The Bertz CT molecular complexity index is 151. The molecule has 1 aromatic rings. The summed E-state index contributed by atoms with van der Waals surface area (Å²) in [6, 6.07) is 1.68. The van der Waals surface area contributed by atoms with Crippen molar-refractivity contribution in [2.24, 2.45) is 0 Å². The Morgan fingerprint density at radius 2 is 2.00 bits per heavy atom. The molecule has 0 aliphatic heterocycles. The van der Waals surface area contributed by atoms with Gasteiger partial charge in [0.2, 0.25) is 0 Å². The van der Waals surface area contributed by atoms with Crippen LogP contribution in [0.4, 0.5) is 0 Å². The summed E-state index contributed by atoms with van der Waals surface area (Å²) in [6.07, 6.45) is 0. The van der Waals surface area contributed by atoms with Crippen LogP contribution in [-0.4, -0.2) is 17.2 Å². The van der Waals surface area contributed by atoms with Crippen molar-refractivity contribution >= 4 is 23.9 Å². The Balaban J connectivity index is 0.000000371. The molecule has 0 bridgehead atoms. The average molecular weight is 158 g/mol. The highest BCUT2D eigenvalue weighted by Crippen LogP contribution is 1.92. The molecule has 0 unspecified atom stereocenters. The summed E-state index contributed by atoms with van der Waals surface area (Å²) < 4.78 is 0. The molecule has 0 saturated carbocycles. The fourth-order valence-electron chi connectivity index (χ4n) is 0.422. The first-order chi connectivity index (χ1) is 4.80. The second kappa shape index (κ2) is 5.47. The van der Waals surface area contributed by atoms with Gasteiger partial charge in [-0.3, -0.25) is 0 Å². The van der Waals surface area contributed by atoms with Gasteiger partial charge in [0.1, 0.15) is 0 Å². The molecule has 0 atom stereocenters. The molecule has 1 rings (SSSR count). The minimum absolute atomic E-state index is 0.565. The van der Waals surface area contributed by atoms with E-state index in [1.165, 1.54) is 11.3 Å². The zero-order valence-electron chi connectivity index (χ0n) is 6.11. The quantitative estimate of drug-likeness (QED) is 0.582. The molecule has 0 spiro atoms. The molecule has 2 N–H and O–H groups in total. The van der Waals surface area contributed by atoms with Crippen molar-refractivity contribution < 1.29 is 10.0 Å². The number of rotatable bonds is 1. The van der Waals surface area contributed by atoms with Gasteiger partial charge in [-0.15, -0.1) is 0 Å². The molecule has 0 aliphatic carbocycles. The lowest BCUT2D eigenvalue weighted by atomic mass is 9.83. The van der Waals surface area contributed by atoms with Gasteiger partial charge in [-0.05, 0) is 16.2 Å². The molecule has 0 aromatic carbocycles. The van der Waals surface area contributed by atoms with Crippen molar-refractivity contribution in [1.29, 1.82) is 0 Å². The van der Waals surface area contributed by atoms with E-state index in [2.05, 4.69) is 0 Å². The molecule has 0 saturated heterocycles. The van der Waals surface area contributed by atoms with Crippen LogP contribution >= 0.6 is 11.3 Å². The third-order valence-corrected chi connectivity index (χ3v) is 1.54. The average Bonchev–Trinajstić information content (AvgIpc) is 2.42. The van der Waals surface area contributed by atoms with Gasteiger partial charge < -0.3 is 10.0 Å². The van der Waals surface area contributed by atoms with Crippen LogP contribution in [0.3, 0.4) is 0 Å². The van der Waals surface area contributed by atoms with Gasteiger partial charge >= 0.3 is 7.12 Å². The van der Waals surface area contributed by atoms with Crippen molar-refractivity contribution in [2.45, 2.75) is 13.8 Å². The Kier molecular flexibility index (Phi) is 5.30. The van der Waals surface area contributed by atoms with E-state index in [1.54, 1.807) is 16.8 Å². The van der Waals surface area contributed by atoms with Crippen LogP contribution < -0.4 is 5.46 Å². The van der Waals surface area contributed by atoms with Crippen molar-refractivity contribution in [3.05, 3.63) is 16.8 Å². The van der Waals surface area contributed by atoms with Gasteiger partial charge in [0.05, 0.1) is 0 Å². The molecular weight excluding hydrogens is 147 g/mol. The van der Waals surface area contributed by atoms with E-state index in [9.17, 15) is 0 Å². The third kappa shape index (κ3) is 3.01. The Morgan fingerprint density at radius 1 is 1.40 bits per heavy atom. The van der Waals surface area contributed by atoms with Crippen LogP contribution in [0.15, 0.2) is 16.8 Å². The summed E-state index contributed by atoms with van der Waals surface area (Å²) in [4.78, 5) is 0. The third-order valence-electron chi connectivity index (χ3n) is 0.841. The Labute approximate surface area is 65.3 Å². The first kappa shape index (κ1) is 9.68. The summed E-state index contributed by atoms with van der Waals surface area (Å²) in [5, 5.41) is 20.4. The van der Waals surface area contributed by atoms with Gasteiger partial charge in [-0.25, -0.2) is 0 Å². The highest BCUT2D eigenvalue weighted by Gasteiger charge is 2.08. The summed E-state index contributed by atoms with van der Waals surface area (Å²) in [6.45, 7) is 4.00. The Hall–Kier alpha value is -0.315. The van der Waals surface area contributed by atoms with Crippen LogP contribution in [0.1, 0.15) is 13.8 Å². The maximum atomic E-state index is 8.47. The molecule has 1 aromatic heterocycles. The topological polar surface area (TPSA) is 40.5 Å². The lowest BCUT2D eigenvalue weighted by Crippen LogP contribution is -2.27. The van der Waals surface area contributed by atoms with Crippen LogP contribution in [-0.2, 0) is 0 Å². The Morgan fingerprint density at radius 3 is 2.20 bits per heavy atom. The van der Waals surface area contributed by atoms with E-state index in [4.69, 9.17) is 10.0 Å². The van der Waals surface area contributed by atoms with Crippen LogP contribution in [0.5, 0.6) is 0 Å². The summed E-state index contributed by atoms with van der Waals surface area (Å²) in [5.74, 6) is 0. The number of thiophene rings is 1. The maximum Gasteiger partial charge on any atom is 0.489 e. The van der Waals surface area contributed by atoms with Crippen molar-refractivity contribution in [3.63, 3.8) is 0 Å². The minimum atomic E-state index is -1.30. The van der Waals surface area contributed by atoms with Gasteiger partial charge in [-0.2, -0.15) is 11.3 Å². The minimum Gasteiger partial charge on any atom is -0.423 e. The van der Waals surface area contributed by atoms with Gasteiger partial charge in [-0.1, -0.05) is 19.9 Å². The SMILES string of the molecule is CC.OB(O)c1ccsc1. The van der Waals surface area contributed by atoms with E-state index in [0.717, 1.165) is 0 Å². The van der Waals surface area contributed by atoms with Gasteiger partial charge in [0.15, 0.2) is 0 Å². The largest absolute Gasteiger partial charge is 0.489 e. The molecule has 0 aliphatic rings. The van der Waals surface area contributed by atoms with E-state index in [-0.39, 0.29) is 0 Å². The molecule has 0 radical (unpaired) electrons. The zero-order valence-corrected chi connectivity index (χ0v) is 6.93. The van der Waals surface area contributed by atoms with Crippen molar-refractivity contribution in [1.82, 2.24) is 0 Å². The maximum absolute atomic E-state index is 8.47. The number of hydrogen-bond donors (Lipinski definition) is 2. The molecule has 4 heteroatoms. The first-order valence-electron chi connectivity index (χ1n) is 3.19. The van der Waals surface area contributed by atoms with Crippen LogP contribution in [0.2, 0.25) is 0 Å². The second-order valence-electron chi connectivity index (χ2n) is 1.43. The smallest absolute Gasteiger partial charge is 0.423 e. The number of hydrogen-bond acceptors (Lipinski definition) is 3. The molecule has 1 heterocycles. The lowest BCUT2D eigenvalue weighted by Gasteiger charge is -1.87. The second-order valence-corrected chi connectivity index (χ2v) is 2.21. The summed E-state index contributed by atoms with van der Waals surface area (Å²) in [7, 11) is -1.30. The predicted molar refractivity (Wildman–Crippen MR) is 45.5 cm³/mol. The first-order valence-corrected chi connectivity index (χ1v) is 4.13. The van der Waals surface area contributed by atoms with Crippen LogP contribution in [0, 0.1) is 0 Å². The zero-order chi connectivity index (χ0) is 7.98. The fourth-order valence-corrected chi connectivity index (χ4v) is 1.09.